The topological polar surface area (TPSA) is 102 Å². The van der Waals surface area contributed by atoms with Crippen LogP contribution in [0.4, 0.5) is 4.39 Å². The highest BCUT2D eigenvalue weighted by Crippen LogP contribution is 2.32. The summed E-state index contributed by atoms with van der Waals surface area (Å²) in [6.07, 6.45) is -2.83. The Morgan fingerprint density at radius 3 is 2.85 bits per heavy atom. The maximum absolute atomic E-state index is 14.0. The molecule has 0 radical (unpaired) electrons. The molecule has 4 atom stereocenters. The van der Waals surface area contributed by atoms with E-state index >= 15 is 0 Å². The van der Waals surface area contributed by atoms with Gasteiger partial charge in [0, 0.05) is 7.05 Å². The van der Waals surface area contributed by atoms with Gasteiger partial charge in [0.15, 0.2) is 23.6 Å². The molecule has 3 rings (SSSR count). The molecule has 1 aliphatic rings. The standard InChI is InChI=1S/C11H13FN4O4/c1-15-3-14-9-7(10(15)19)13-4-16(9)11-6(12)8(18)5(2-17)20-11/h3-6,8,11,17-18H,2H2,1H3/t5-,6+,8?,11-/m1/s1. The Labute approximate surface area is 112 Å². The van der Waals surface area contributed by atoms with Crippen LogP contribution in [0.15, 0.2) is 17.4 Å². The van der Waals surface area contributed by atoms with Gasteiger partial charge in [0.2, 0.25) is 0 Å². The number of aryl methyl sites for hydroxylation is 1. The van der Waals surface area contributed by atoms with E-state index in [1.54, 1.807) is 0 Å². The number of aromatic nitrogens is 4. The van der Waals surface area contributed by atoms with Gasteiger partial charge in [0.05, 0.1) is 19.3 Å². The molecule has 2 aromatic heterocycles. The van der Waals surface area contributed by atoms with Gasteiger partial charge in [-0.15, -0.1) is 0 Å². The zero-order valence-electron chi connectivity index (χ0n) is 10.5. The molecule has 108 valence electrons. The predicted octanol–water partition coefficient (Wildman–Crippen LogP) is -1.28. The number of hydrogen-bond acceptors (Lipinski definition) is 6. The Morgan fingerprint density at radius 1 is 1.45 bits per heavy atom. The molecule has 9 heteroatoms. The third-order valence-electron chi connectivity index (χ3n) is 3.39. The van der Waals surface area contributed by atoms with Crippen LogP contribution in [0, 0.1) is 0 Å². The van der Waals surface area contributed by atoms with E-state index in [0.717, 1.165) is 0 Å². The highest BCUT2D eigenvalue weighted by Gasteiger charge is 2.45. The van der Waals surface area contributed by atoms with Crippen molar-refractivity contribution in [2.45, 2.75) is 24.6 Å². The summed E-state index contributed by atoms with van der Waals surface area (Å²) in [5.74, 6) is 0. The van der Waals surface area contributed by atoms with Gasteiger partial charge < -0.3 is 19.5 Å². The van der Waals surface area contributed by atoms with Crippen molar-refractivity contribution in [2.75, 3.05) is 6.61 Å². The van der Waals surface area contributed by atoms with Crippen molar-refractivity contribution in [3.63, 3.8) is 0 Å². The summed E-state index contributed by atoms with van der Waals surface area (Å²) in [6.45, 7) is -0.500. The second kappa shape index (κ2) is 4.62. The molecule has 1 fully saturated rings. The van der Waals surface area contributed by atoms with Crippen molar-refractivity contribution < 1.29 is 19.3 Å². The highest BCUT2D eigenvalue weighted by molar-refractivity contribution is 5.69. The summed E-state index contributed by atoms with van der Waals surface area (Å²) in [4.78, 5) is 19.8. The number of aliphatic hydroxyl groups is 2. The van der Waals surface area contributed by atoms with Crippen molar-refractivity contribution in [2.24, 2.45) is 7.05 Å². The van der Waals surface area contributed by atoms with Crippen LogP contribution in [-0.4, -0.2) is 54.3 Å². The van der Waals surface area contributed by atoms with E-state index in [4.69, 9.17) is 9.84 Å². The molecule has 8 nitrogen and oxygen atoms in total. The lowest BCUT2D eigenvalue weighted by atomic mass is 10.1. The van der Waals surface area contributed by atoms with Gasteiger partial charge >= 0.3 is 0 Å². The van der Waals surface area contributed by atoms with Crippen LogP contribution in [0.25, 0.3) is 11.2 Å². The first kappa shape index (κ1) is 13.2. The Balaban J connectivity index is 2.08. The second-order valence-corrected chi connectivity index (χ2v) is 4.67. The van der Waals surface area contributed by atoms with Crippen LogP contribution < -0.4 is 5.56 Å². The molecule has 20 heavy (non-hydrogen) atoms. The summed E-state index contributed by atoms with van der Waals surface area (Å²) in [6, 6.07) is 0. The molecule has 0 aliphatic carbocycles. The maximum atomic E-state index is 14.0. The Kier molecular flexibility index (Phi) is 3.04. The average molecular weight is 284 g/mol. The molecule has 0 bridgehead atoms. The van der Waals surface area contributed by atoms with E-state index in [0.29, 0.717) is 0 Å². The minimum absolute atomic E-state index is 0.0905. The SMILES string of the molecule is Cn1cnc2c(ncn2[C@@H]2O[C@H](CO)C(O)[C@@H]2F)c1=O. The lowest BCUT2D eigenvalue weighted by Crippen LogP contribution is -2.30. The third-order valence-corrected chi connectivity index (χ3v) is 3.39. The number of alkyl halides is 1. The van der Waals surface area contributed by atoms with Gasteiger partial charge in [0.25, 0.3) is 5.56 Å². The van der Waals surface area contributed by atoms with Gasteiger partial charge in [-0.05, 0) is 0 Å². The van der Waals surface area contributed by atoms with Crippen LogP contribution in [0.5, 0.6) is 0 Å². The summed E-state index contributed by atoms with van der Waals surface area (Å²) in [5, 5.41) is 18.6. The number of imidazole rings is 1. The van der Waals surface area contributed by atoms with Gasteiger partial charge in [-0.3, -0.25) is 9.36 Å². The molecule has 3 heterocycles. The minimum Gasteiger partial charge on any atom is -0.394 e. The van der Waals surface area contributed by atoms with Crippen molar-refractivity contribution >= 4 is 11.2 Å². The fraction of sp³-hybridized carbons (Fsp3) is 0.545. The van der Waals surface area contributed by atoms with E-state index in [1.165, 1.54) is 28.8 Å². The van der Waals surface area contributed by atoms with Gasteiger partial charge in [-0.2, -0.15) is 0 Å². The molecular weight excluding hydrogens is 271 g/mol. The van der Waals surface area contributed by atoms with Gasteiger partial charge in [0.1, 0.15) is 12.2 Å². The summed E-state index contributed by atoms with van der Waals surface area (Å²) in [5.41, 5.74) is -0.0966. The number of halogens is 1. The molecule has 1 saturated heterocycles. The van der Waals surface area contributed by atoms with E-state index in [-0.39, 0.29) is 16.7 Å². The summed E-state index contributed by atoms with van der Waals surface area (Å²) >= 11 is 0. The number of fused-ring (bicyclic) bond motifs is 1. The first-order valence-corrected chi connectivity index (χ1v) is 6.01. The van der Waals surface area contributed by atoms with Crippen LogP contribution in [0.3, 0.4) is 0 Å². The molecule has 1 unspecified atom stereocenters. The van der Waals surface area contributed by atoms with Crippen molar-refractivity contribution in [3.05, 3.63) is 23.0 Å². The molecule has 0 aromatic carbocycles. The van der Waals surface area contributed by atoms with E-state index in [1.807, 2.05) is 0 Å². The number of ether oxygens (including phenoxy) is 1. The lowest BCUT2D eigenvalue weighted by Gasteiger charge is -2.14. The fourth-order valence-electron chi connectivity index (χ4n) is 2.26. The largest absolute Gasteiger partial charge is 0.394 e. The number of aliphatic hydroxyl groups excluding tert-OH is 2. The van der Waals surface area contributed by atoms with Crippen molar-refractivity contribution in [1.82, 2.24) is 19.1 Å². The quantitative estimate of drug-likeness (QED) is 0.712. The fourth-order valence-corrected chi connectivity index (χ4v) is 2.26. The van der Waals surface area contributed by atoms with Crippen LogP contribution in [-0.2, 0) is 11.8 Å². The summed E-state index contributed by atoms with van der Waals surface area (Å²) < 4.78 is 21.8. The molecule has 1 aliphatic heterocycles. The molecular formula is C11H13FN4O4. The number of rotatable bonds is 2. The first-order valence-electron chi connectivity index (χ1n) is 6.01. The Bertz CT molecular complexity index is 699. The highest BCUT2D eigenvalue weighted by atomic mass is 19.1. The molecule has 2 N–H and O–H groups in total. The molecule has 2 aromatic rings. The van der Waals surface area contributed by atoms with E-state index < -0.39 is 31.2 Å². The lowest BCUT2D eigenvalue weighted by molar-refractivity contribution is -0.0459. The van der Waals surface area contributed by atoms with Gasteiger partial charge in [-0.25, -0.2) is 14.4 Å². The Hall–Kier alpha value is -1.84. The smallest absolute Gasteiger partial charge is 0.281 e. The molecule has 0 spiro atoms. The zero-order valence-corrected chi connectivity index (χ0v) is 10.5. The van der Waals surface area contributed by atoms with E-state index in [9.17, 15) is 14.3 Å². The normalized spacial score (nSPS) is 30.2. The van der Waals surface area contributed by atoms with Crippen LogP contribution in [0.1, 0.15) is 6.23 Å². The average Bonchev–Trinajstić information content (AvgIpc) is 2.98. The van der Waals surface area contributed by atoms with Crippen molar-refractivity contribution in [3.8, 4) is 0 Å². The van der Waals surface area contributed by atoms with E-state index in [2.05, 4.69) is 9.97 Å². The Morgan fingerprint density at radius 2 is 2.20 bits per heavy atom. The summed E-state index contributed by atoms with van der Waals surface area (Å²) in [7, 11) is 1.53. The van der Waals surface area contributed by atoms with Crippen molar-refractivity contribution in [1.29, 1.82) is 0 Å². The number of nitrogens with zero attached hydrogens (tertiary/aromatic N) is 4. The molecule has 0 amide bonds. The minimum atomic E-state index is -1.74. The van der Waals surface area contributed by atoms with Crippen LogP contribution in [0.2, 0.25) is 0 Å². The second-order valence-electron chi connectivity index (χ2n) is 4.67. The zero-order chi connectivity index (χ0) is 14.4. The van der Waals surface area contributed by atoms with Gasteiger partial charge in [-0.1, -0.05) is 0 Å². The van der Waals surface area contributed by atoms with Crippen LogP contribution >= 0.6 is 0 Å². The number of hydrogen-bond donors (Lipinski definition) is 2. The monoisotopic (exact) mass is 284 g/mol. The first-order chi connectivity index (χ1) is 9.54. The molecule has 0 saturated carbocycles. The third kappa shape index (κ3) is 1.74. The predicted molar refractivity (Wildman–Crippen MR) is 64.7 cm³/mol. The maximum Gasteiger partial charge on any atom is 0.281 e.